The Balaban J connectivity index is 2.45. The molecule has 0 amide bonds. The molecule has 0 fully saturated rings. The summed E-state index contributed by atoms with van der Waals surface area (Å²) in [6.07, 6.45) is 0. The molecule has 1 nitrogen and oxygen atoms in total. The molecule has 0 aliphatic heterocycles. The van der Waals surface area contributed by atoms with Gasteiger partial charge in [-0.15, -0.1) is 0 Å². The second kappa shape index (κ2) is 5.34. The first-order chi connectivity index (χ1) is 8.11. The first kappa shape index (κ1) is 12.8. The fourth-order valence-corrected chi connectivity index (χ4v) is 3.73. The maximum absolute atomic E-state index is 3.61. The molecule has 0 aliphatic carbocycles. The Morgan fingerprint density at radius 1 is 1.12 bits per heavy atom. The van der Waals surface area contributed by atoms with Crippen LogP contribution in [0, 0.1) is 13.8 Å². The summed E-state index contributed by atoms with van der Waals surface area (Å²) in [4.78, 5) is 0. The third kappa shape index (κ3) is 2.79. The molecule has 1 unspecified atom stereocenters. The van der Waals surface area contributed by atoms with Gasteiger partial charge in [0.25, 0.3) is 0 Å². The normalized spacial score (nSPS) is 12.7. The van der Waals surface area contributed by atoms with Gasteiger partial charge in [0.1, 0.15) is 0 Å². The molecule has 0 radical (unpaired) electrons. The number of benzene rings is 1. The molecule has 1 aromatic heterocycles. The molecular formula is C14H16BrNS. The van der Waals surface area contributed by atoms with Crippen LogP contribution < -0.4 is 5.32 Å². The van der Waals surface area contributed by atoms with E-state index in [1.54, 1.807) is 11.3 Å². The standard InChI is InChI=1S/C14H16BrNS/c1-9-4-10(2)6-11(5-9)14(16-3)12-7-17-8-13(12)15/h4-8,14,16H,1-3H3. The fourth-order valence-electron chi connectivity index (χ4n) is 2.18. The molecule has 0 spiro atoms. The van der Waals surface area contributed by atoms with Crippen molar-refractivity contribution in [2.24, 2.45) is 0 Å². The Morgan fingerprint density at radius 2 is 1.76 bits per heavy atom. The largest absolute Gasteiger partial charge is 0.309 e. The van der Waals surface area contributed by atoms with Crippen LogP contribution in [0.2, 0.25) is 0 Å². The van der Waals surface area contributed by atoms with Gasteiger partial charge in [-0.05, 0) is 53.3 Å². The van der Waals surface area contributed by atoms with E-state index in [9.17, 15) is 0 Å². The molecule has 2 rings (SSSR count). The monoisotopic (exact) mass is 309 g/mol. The molecule has 1 heterocycles. The first-order valence-electron chi connectivity index (χ1n) is 5.59. The molecule has 0 saturated carbocycles. The van der Waals surface area contributed by atoms with Gasteiger partial charge in [-0.25, -0.2) is 0 Å². The van der Waals surface area contributed by atoms with E-state index in [-0.39, 0.29) is 6.04 Å². The lowest BCUT2D eigenvalue weighted by molar-refractivity contribution is 0.690. The van der Waals surface area contributed by atoms with Crippen LogP contribution in [0.3, 0.4) is 0 Å². The zero-order chi connectivity index (χ0) is 12.4. The van der Waals surface area contributed by atoms with E-state index in [1.165, 1.54) is 26.7 Å². The van der Waals surface area contributed by atoms with Crippen molar-refractivity contribution in [3.05, 3.63) is 55.7 Å². The zero-order valence-corrected chi connectivity index (χ0v) is 12.7. The number of rotatable bonds is 3. The minimum absolute atomic E-state index is 0.259. The number of nitrogens with one attached hydrogen (secondary N) is 1. The van der Waals surface area contributed by atoms with Crippen LogP contribution >= 0.6 is 27.3 Å². The van der Waals surface area contributed by atoms with Crippen LogP contribution in [0.15, 0.2) is 33.4 Å². The van der Waals surface area contributed by atoms with Crippen LogP contribution in [0.5, 0.6) is 0 Å². The molecule has 1 atom stereocenters. The second-order valence-corrected chi connectivity index (χ2v) is 5.92. The van der Waals surface area contributed by atoms with E-state index in [0.717, 1.165) is 0 Å². The van der Waals surface area contributed by atoms with E-state index in [0.29, 0.717) is 0 Å². The van der Waals surface area contributed by atoms with Crippen LogP contribution in [0.1, 0.15) is 28.3 Å². The van der Waals surface area contributed by atoms with Crippen molar-refractivity contribution in [2.45, 2.75) is 19.9 Å². The molecule has 17 heavy (non-hydrogen) atoms. The van der Waals surface area contributed by atoms with E-state index in [2.05, 4.69) is 64.1 Å². The molecule has 1 N–H and O–H groups in total. The SMILES string of the molecule is CNC(c1cc(C)cc(C)c1)c1cscc1Br. The topological polar surface area (TPSA) is 12.0 Å². The van der Waals surface area contributed by atoms with Gasteiger partial charge < -0.3 is 5.32 Å². The van der Waals surface area contributed by atoms with Gasteiger partial charge in [-0.1, -0.05) is 29.3 Å². The van der Waals surface area contributed by atoms with Crippen molar-refractivity contribution >= 4 is 27.3 Å². The Morgan fingerprint density at radius 3 is 2.24 bits per heavy atom. The molecule has 0 bridgehead atoms. The lowest BCUT2D eigenvalue weighted by atomic mass is 9.97. The van der Waals surface area contributed by atoms with Gasteiger partial charge in [0.05, 0.1) is 6.04 Å². The minimum atomic E-state index is 0.259. The highest BCUT2D eigenvalue weighted by Crippen LogP contribution is 2.32. The number of hydrogen-bond acceptors (Lipinski definition) is 2. The Kier molecular flexibility index (Phi) is 4.02. The number of thiophene rings is 1. The zero-order valence-electron chi connectivity index (χ0n) is 10.3. The van der Waals surface area contributed by atoms with Crippen molar-refractivity contribution in [2.75, 3.05) is 7.05 Å². The van der Waals surface area contributed by atoms with E-state index in [4.69, 9.17) is 0 Å². The molecular weight excluding hydrogens is 294 g/mol. The van der Waals surface area contributed by atoms with Crippen molar-refractivity contribution in [1.29, 1.82) is 0 Å². The number of hydrogen-bond donors (Lipinski definition) is 1. The van der Waals surface area contributed by atoms with Crippen molar-refractivity contribution in [1.82, 2.24) is 5.32 Å². The predicted octanol–water partition coefficient (Wildman–Crippen LogP) is 4.44. The first-order valence-corrected chi connectivity index (χ1v) is 7.32. The van der Waals surface area contributed by atoms with E-state index in [1.807, 2.05) is 7.05 Å². The van der Waals surface area contributed by atoms with Gasteiger partial charge >= 0.3 is 0 Å². The summed E-state index contributed by atoms with van der Waals surface area (Å²) >= 11 is 5.34. The summed E-state index contributed by atoms with van der Waals surface area (Å²) in [6, 6.07) is 6.96. The Bertz CT molecular complexity index is 498. The average Bonchev–Trinajstić information content (AvgIpc) is 2.65. The van der Waals surface area contributed by atoms with E-state index < -0.39 is 0 Å². The third-order valence-electron chi connectivity index (χ3n) is 2.82. The highest BCUT2D eigenvalue weighted by atomic mass is 79.9. The quantitative estimate of drug-likeness (QED) is 0.884. The van der Waals surface area contributed by atoms with Gasteiger partial charge in [-0.3, -0.25) is 0 Å². The average molecular weight is 310 g/mol. The summed E-state index contributed by atoms with van der Waals surface area (Å²) < 4.78 is 1.18. The van der Waals surface area contributed by atoms with Crippen molar-refractivity contribution < 1.29 is 0 Å². The Hall–Kier alpha value is -0.640. The predicted molar refractivity (Wildman–Crippen MR) is 78.8 cm³/mol. The van der Waals surface area contributed by atoms with Crippen LogP contribution in [0.4, 0.5) is 0 Å². The third-order valence-corrected chi connectivity index (χ3v) is 4.57. The Labute approximate surface area is 115 Å². The molecule has 3 heteroatoms. The van der Waals surface area contributed by atoms with Crippen LogP contribution in [0.25, 0.3) is 0 Å². The van der Waals surface area contributed by atoms with Gasteiger partial charge in [0.2, 0.25) is 0 Å². The van der Waals surface area contributed by atoms with E-state index >= 15 is 0 Å². The number of halogens is 1. The lowest BCUT2D eigenvalue weighted by Crippen LogP contribution is -2.17. The molecule has 2 aromatic rings. The maximum Gasteiger partial charge on any atom is 0.0593 e. The van der Waals surface area contributed by atoms with Crippen LogP contribution in [-0.2, 0) is 0 Å². The van der Waals surface area contributed by atoms with Crippen LogP contribution in [-0.4, -0.2) is 7.05 Å². The maximum atomic E-state index is 3.61. The van der Waals surface area contributed by atoms with Crippen molar-refractivity contribution in [3.8, 4) is 0 Å². The van der Waals surface area contributed by atoms with Gasteiger partial charge in [0, 0.05) is 9.85 Å². The lowest BCUT2D eigenvalue weighted by Gasteiger charge is -2.17. The fraction of sp³-hybridized carbons (Fsp3) is 0.286. The summed E-state index contributed by atoms with van der Waals surface area (Å²) in [5, 5.41) is 7.72. The van der Waals surface area contributed by atoms with Gasteiger partial charge in [0.15, 0.2) is 0 Å². The van der Waals surface area contributed by atoms with Gasteiger partial charge in [-0.2, -0.15) is 11.3 Å². The summed E-state index contributed by atoms with van der Waals surface area (Å²) in [7, 11) is 2.01. The second-order valence-electron chi connectivity index (χ2n) is 4.32. The molecule has 0 aliphatic rings. The molecule has 0 saturated heterocycles. The summed E-state index contributed by atoms with van der Waals surface area (Å²) in [5.74, 6) is 0. The van der Waals surface area contributed by atoms with Crippen molar-refractivity contribution in [3.63, 3.8) is 0 Å². The highest BCUT2D eigenvalue weighted by Gasteiger charge is 2.16. The molecule has 1 aromatic carbocycles. The minimum Gasteiger partial charge on any atom is -0.309 e. The smallest absolute Gasteiger partial charge is 0.0593 e. The summed E-state index contributed by atoms with van der Waals surface area (Å²) in [6.45, 7) is 4.29. The summed E-state index contributed by atoms with van der Waals surface area (Å²) in [5.41, 5.74) is 5.25. The highest BCUT2D eigenvalue weighted by molar-refractivity contribution is 9.10. The number of aryl methyl sites for hydroxylation is 2. The molecule has 90 valence electrons.